The summed E-state index contributed by atoms with van der Waals surface area (Å²) < 4.78 is 0. The van der Waals surface area contributed by atoms with E-state index in [-0.39, 0.29) is 11.9 Å². The van der Waals surface area contributed by atoms with Crippen LogP contribution in [0.5, 0.6) is 0 Å². The monoisotopic (exact) mass is 285 g/mol. The van der Waals surface area contributed by atoms with Crippen LogP contribution < -0.4 is 0 Å². The zero-order valence-corrected chi connectivity index (χ0v) is 12.5. The van der Waals surface area contributed by atoms with E-state index in [0.717, 1.165) is 0 Å². The molecule has 0 spiro atoms. The fourth-order valence-corrected chi connectivity index (χ4v) is 2.02. The van der Waals surface area contributed by atoms with E-state index in [9.17, 15) is 14.4 Å². The minimum Gasteiger partial charge on any atom is -0.480 e. The fraction of sp³-hybridized carbons (Fsp3) is 0.769. The lowest BCUT2D eigenvalue weighted by Gasteiger charge is -2.35. The van der Waals surface area contributed by atoms with Crippen LogP contribution in [-0.4, -0.2) is 76.5 Å². The van der Waals surface area contributed by atoms with Crippen molar-refractivity contribution in [1.29, 1.82) is 0 Å². The summed E-state index contributed by atoms with van der Waals surface area (Å²) in [5.41, 5.74) is -1.26. The molecule has 0 aliphatic carbocycles. The van der Waals surface area contributed by atoms with Crippen molar-refractivity contribution in [3.63, 3.8) is 0 Å². The molecule has 0 aromatic carbocycles. The van der Waals surface area contributed by atoms with Crippen LogP contribution in [0.3, 0.4) is 0 Å². The number of aliphatic carboxylic acids is 1. The predicted molar refractivity (Wildman–Crippen MR) is 73.3 cm³/mol. The quantitative estimate of drug-likeness (QED) is 0.799. The molecule has 1 rings (SSSR count). The van der Waals surface area contributed by atoms with Gasteiger partial charge in [0.05, 0.1) is 0 Å². The van der Waals surface area contributed by atoms with E-state index in [0.29, 0.717) is 32.6 Å². The van der Waals surface area contributed by atoms with E-state index in [1.54, 1.807) is 9.80 Å². The Balaban J connectivity index is 2.73. The minimum absolute atomic E-state index is 0.00137. The Bertz CT molecular complexity index is 408. The van der Waals surface area contributed by atoms with Crippen molar-refractivity contribution in [2.24, 2.45) is 0 Å². The van der Waals surface area contributed by atoms with E-state index in [1.807, 2.05) is 0 Å². The maximum Gasteiger partial charge on any atom is 0.329 e. The van der Waals surface area contributed by atoms with Crippen molar-refractivity contribution < 1.29 is 19.5 Å². The first-order valence-corrected chi connectivity index (χ1v) is 6.69. The van der Waals surface area contributed by atoms with Crippen LogP contribution in [0, 0.1) is 0 Å². The molecule has 0 unspecified atom stereocenters. The Hall–Kier alpha value is -1.79. The highest BCUT2D eigenvalue weighted by atomic mass is 16.4. The summed E-state index contributed by atoms with van der Waals surface area (Å²) in [6.45, 7) is 6.58. The van der Waals surface area contributed by atoms with Crippen LogP contribution in [0.15, 0.2) is 0 Å². The molecular formula is C13H23N3O4. The van der Waals surface area contributed by atoms with Gasteiger partial charge in [-0.25, -0.2) is 9.59 Å². The molecule has 7 nitrogen and oxygen atoms in total. The Morgan fingerprint density at radius 3 is 2.05 bits per heavy atom. The lowest BCUT2D eigenvalue weighted by Crippen LogP contribution is -2.55. The molecule has 1 N–H and O–H groups in total. The number of nitrogens with zero attached hydrogens (tertiary/aromatic N) is 3. The third-order valence-corrected chi connectivity index (χ3v) is 3.86. The molecule has 0 atom stereocenters. The SMILES string of the molecule is CC(=O)N1CCCN(C(=O)N(C)C(C)(C)C(=O)O)CC1. The van der Waals surface area contributed by atoms with Gasteiger partial charge in [-0.15, -0.1) is 0 Å². The normalized spacial score (nSPS) is 16.6. The number of rotatable bonds is 2. The second-order valence-corrected chi connectivity index (χ2v) is 5.55. The molecule has 1 aliphatic rings. The van der Waals surface area contributed by atoms with E-state index in [1.165, 1.54) is 32.7 Å². The topological polar surface area (TPSA) is 81.2 Å². The minimum atomic E-state index is -1.26. The average molecular weight is 285 g/mol. The first-order valence-electron chi connectivity index (χ1n) is 6.69. The molecule has 1 aliphatic heterocycles. The molecule has 0 aromatic heterocycles. The van der Waals surface area contributed by atoms with Gasteiger partial charge in [0.2, 0.25) is 5.91 Å². The van der Waals surface area contributed by atoms with E-state index in [4.69, 9.17) is 5.11 Å². The maximum absolute atomic E-state index is 12.4. The Kier molecular flexibility index (Phi) is 4.97. The highest BCUT2D eigenvalue weighted by Crippen LogP contribution is 2.16. The molecule has 0 radical (unpaired) electrons. The first-order chi connectivity index (χ1) is 9.17. The third-order valence-electron chi connectivity index (χ3n) is 3.86. The Morgan fingerprint density at radius 2 is 1.55 bits per heavy atom. The number of amides is 3. The molecular weight excluding hydrogens is 262 g/mol. The first kappa shape index (κ1) is 16.3. The van der Waals surface area contributed by atoms with Crippen molar-refractivity contribution in [1.82, 2.24) is 14.7 Å². The van der Waals surface area contributed by atoms with Gasteiger partial charge in [0.25, 0.3) is 0 Å². The smallest absolute Gasteiger partial charge is 0.329 e. The van der Waals surface area contributed by atoms with Crippen molar-refractivity contribution >= 4 is 17.9 Å². The van der Waals surface area contributed by atoms with E-state index < -0.39 is 11.5 Å². The van der Waals surface area contributed by atoms with Gasteiger partial charge in [-0.2, -0.15) is 0 Å². The number of hydrogen-bond donors (Lipinski definition) is 1. The van der Waals surface area contributed by atoms with Crippen LogP contribution in [-0.2, 0) is 9.59 Å². The summed E-state index contributed by atoms with van der Waals surface area (Å²) in [5.74, 6) is -1.05. The number of carbonyl (C=O) groups excluding carboxylic acids is 2. The van der Waals surface area contributed by atoms with Gasteiger partial charge in [0, 0.05) is 40.2 Å². The summed E-state index contributed by atoms with van der Waals surface area (Å²) in [5, 5.41) is 9.16. The summed E-state index contributed by atoms with van der Waals surface area (Å²) in [7, 11) is 1.49. The predicted octanol–water partition coefficient (Wildman–Crippen LogP) is 0.456. The largest absolute Gasteiger partial charge is 0.480 e. The van der Waals surface area contributed by atoms with Crippen LogP contribution in [0.25, 0.3) is 0 Å². The van der Waals surface area contributed by atoms with Crippen molar-refractivity contribution in [2.75, 3.05) is 33.2 Å². The fourth-order valence-electron chi connectivity index (χ4n) is 2.02. The van der Waals surface area contributed by atoms with Crippen LogP contribution in [0.1, 0.15) is 27.2 Å². The number of carboxylic acid groups (broad SMARTS) is 1. The van der Waals surface area contributed by atoms with Gasteiger partial charge in [0.1, 0.15) is 5.54 Å². The lowest BCUT2D eigenvalue weighted by atomic mass is 10.0. The number of carbonyl (C=O) groups is 3. The molecule has 1 heterocycles. The van der Waals surface area contributed by atoms with E-state index >= 15 is 0 Å². The Labute approximate surface area is 119 Å². The second-order valence-electron chi connectivity index (χ2n) is 5.55. The average Bonchev–Trinajstić information content (AvgIpc) is 2.62. The summed E-state index contributed by atoms with van der Waals surface area (Å²) in [6, 6.07) is -0.317. The van der Waals surface area contributed by atoms with E-state index in [2.05, 4.69) is 0 Å². The van der Waals surface area contributed by atoms with Crippen LogP contribution >= 0.6 is 0 Å². The molecule has 1 fully saturated rings. The number of likely N-dealkylation sites (N-methyl/N-ethyl adjacent to an activating group) is 1. The second kappa shape index (κ2) is 6.11. The summed E-state index contributed by atoms with van der Waals surface area (Å²) >= 11 is 0. The van der Waals surface area contributed by atoms with Gasteiger partial charge in [0.15, 0.2) is 0 Å². The summed E-state index contributed by atoms with van der Waals surface area (Å²) in [4.78, 5) is 39.4. The number of urea groups is 1. The number of carboxylic acids is 1. The molecule has 114 valence electrons. The molecule has 0 bridgehead atoms. The highest BCUT2D eigenvalue weighted by molar-refractivity contribution is 5.85. The lowest BCUT2D eigenvalue weighted by molar-refractivity contribution is -0.147. The molecule has 20 heavy (non-hydrogen) atoms. The number of hydrogen-bond acceptors (Lipinski definition) is 3. The van der Waals surface area contributed by atoms with Crippen molar-refractivity contribution in [3.8, 4) is 0 Å². The van der Waals surface area contributed by atoms with Gasteiger partial charge in [-0.1, -0.05) is 0 Å². The van der Waals surface area contributed by atoms with Crippen molar-refractivity contribution in [2.45, 2.75) is 32.7 Å². The molecule has 0 saturated carbocycles. The van der Waals surface area contributed by atoms with Gasteiger partial charge >= 0.3 is 12.0 Å². The molecule has 3 amide bonds. The Morgan fingerprint density at radius 1 is 1.05 bits per heavy atom. The highest BCUT2D eigenvalue weighted by Gasteiger charge is 2.37. The standard InChI is InChI=1S/C13H23N3O4/c1-10(17)15-6-5-7-16(9-8-15)12(20)14(4)13(2,3)11(18)19/h5-9H2,1-4H3,(H,18,19). The van der Waals surface area contributed by atoms with Crippen molar-refractivity contribution in [3.05, 3.63) is 0 Å². The van der Waals surface area contributed by atoms with Crippen LogP contribution in [0.2, 0.25) is 0 Å². The van der Waals surface area contributed by atoms with Gasteiger partial charge in [-0.05, 0) is 20.3 Å². The van der Waals surface area contributed by atoms with Crippen LogP contribution in [0.4, 0.5) is 4.79 Å². The zero-order valence-electron chi connectivity index (χ0n) is 12.5. The van der Waals surface area contributed by atoms with Gasteiger partial charge in [-0.3, -0.25) is 4.79 Å². The maximum atomic E-state index is 12.4. The molecule has 1 saturated heterocycles. The van der Waals surface area contributed by atoms with Gasteiger partial charge < -0.3 is 19.8 Å². The summed E-state index contributed by atoms with van der Waals surface area (Å²) in [6.07, 6.45) is 0.701. The molecule has 7 heteroatoms. The third kappa shape index (κ3) is 3.40. The molecule has 0 aromatic rings. The zero-order chi connectivity index (χ0) is 15.5.